The summed E-state index contributed by atoms with van der Waals surface area (Å²) in [6.45, 7) is 1.30. The first-order valence-electron chi connectivity index (χ1n) is 5.90. The first kappa shape index (κ1) is 13.4. The molecule has 0 atom stereocenters. The Labute approximate surface area is 116 Å². The molecule has 0 bridgehead atoms. The lowest BCUT2D eigenvalue weighted by molar-refractivity contribution is -0.125. The van der Waals surface area contributed by atoms with Gasteiger partial charge in [-0.25, -0.2) is 0 Å². The second-order valence-corrected chi connectivity index (χ2v) is 5.78. The van der Waals surface area contributed by atoms with Gasteiger partial charge >= 0.3 is 0 Å². The first-order chi connectivity index (χ1) is 8.61. The molecule has 1 aromatic rings. The number of carbonyl (C=O) groups is 2. The van der Waals surface area contributed by atoms with Gasteiger partial charge in [-0.15, -0.1) is 24.0 Å². The maximum Gasteiger partial charge on any atom is 0.263 e. The van der Waals surface area contributed by atoms with Crippen LogP contribution in [0.2, 0.25) is 0 Å². The SMILES string of the molecule is CNC(=O)C1CCN(C(=O)c2cc(S)cs2)CC1. The van der Waals surface area contributed by atoms with E-state index in [2.05, 4.69) is 17.9 Å². The average molecular weight is 284 g/mol. The maximum atomic E-state index is 12.2. The van der Waals surface area contributed by atoms with E-state index in [4.69, 9.17) is 0 Å². The van der Waals surface area contributed by atoms with Gasteiger partial charge in [0.2, 0.25) is 5.91 Å². The Morgan fingerprint density at radius 3 is 2.61 bits per heavy atom. The number of nitrogens with one attached hydrogen (secondary N) is 1. The van der Waals surface area contributed by atoms with Gasteiger partial charge in [0.15, 0.2) is 0 Å². The molecular formula is C12H16N2O2S2. The lowest BCUT2D eigenvalue weighted by atomic mass is 9.96. The van der Waals surface area contributed by atoms with Crippen LogP contribution in [-0.4, -0.2) is 36.9 Å². The van der Waals surface area contributed by atoms with Gasteiger partial charge in [0.25, 0.3) is 5.91 Å². The average Bonchev–Trinajstić information content (AvgIpc) is 2.84. The molecule has 1 aliphatic rings. The van der Waals surface area contributed by atoms with Gasteiger partial charge in [0.05, 0.1) is 4.88 Å². The maximum absolute atomic E-state index is 12.2. The molecule has 2 rings (SSSR count). The summed E-state index contributed by atoms with van der Waals surface area (Å²) in [4.78, 5) is 27.0. The van der Waals surface area contributed by atoms with E-state index < -0.39 is 0 Å². The molecule has 98 valence electrons. The van der Waals surface area contributed by atoms with Crippen molar-refractivity contribution < 1.29 is 9.59 Å². The van der Waals surface area contributed by atoms with Crippen molar-refractivity contribution in [1.29, 1.82) is 0 Å². The molecule has 0 aliphatic carbocycles. The van der Waals surface area contributed by atoms with Crippen molar-refractivity contribution in [1.82, 2.24) is 10.2 Å². The number of thiol groups is 1. The molecule has 0 aromatic carbocycles. The van der Waals surface area contributed by atoms with Crippen molar-refractivity contribution in [2.75, 3.05) is 20.1 Å². The van der Waals surface area contributed by atoms with E-state index in [1.54, 1.807) is 13.1 Å². The minimum absolute atomic E-state index is 0.0443. The lowest BCUT2D eigenvalue weighted by Gasteiger charge is -2.30. The minimum atomic E-state index is 0.0443. The number of thiophene rings is 1. The number of rotatable bonds is 2. The Morgan fingerprint density at radius 2 is 2.11 bits per heavy atom. The first-order valence-corrected chi connectivity index (χ1v) is 7.23. The molecule has 6 heteroatoms. The van der Waals surface area contributed by atoms with Gasteiger partial charge in [-0.05, 0) is 18.9 Å². The Hall–Kier alpha value is -1.01. The van der Waals surface area contributed by atoms with Crippen LogP contribution in [-0.2, 0) is 4.79 Å². The summed E-state index contributed by atoms with van der Waals surface area (Å²) in [6, 6.07) is 1.79. The van der Waals surface area contributed by atoms with Crippen LogP contribution in [0.15, 0.2) is 16.3 Å². The molecule has 2 heterocycles. The van der Waals surface area contributed by atoms with E-state index in [9.17, 15) is 9.59 Å². The molecule has 1 N–H and O–H groups in total. The standard InChI is InChI=1S/C12H16N2O2S2/c1-13-11(15)8-2-4-14(5-3-8)12(16)10-6-9(17)7-18-10/h6-8,17H,2-5H2,1H3,(H,13,15). The van der Waals surface area contributed by atoms with Gasteiger partial charge in [0.1, 0.15) is 0 Å². The largest absolute Gasteiger partial charge is 0.359 e. The highest BCUT2D eigenvalue weighted by Gasteiger charge is 2.27. The fourth-order valence-electron chi connectivity index (χ4n) is 2.14. The minimum Gasteiger partial charge on any atom is -0.359 e. The summed E-state index contributed by atoms with van der Waals surface area (Å²) >= 11 is 5.62. The quantitative estimate of drug-likeness (QED) is 0.811. The molecule has 0 spiro atoms. The Morgan fingerprint density at radius 1 is 1.44 bits per heavy atom. The number of hydrogen-bond acceptors (Lipinski definition) is 4. The normalized spacial score (nSPS) is 16.7. The summed E-state index contributed by atoms with van der Waals surface area (Å²) in [5.41, 5.74) is 0. The molecule has 0 saturated carbocycles. The van der Waals surface area contributed by atoms with E-state index in [-0.39, 0.29) is 17.7 Å². The molecule has 1 aliphatic heterocycles. The zero-order valence-electron chi connectivity index (χ0n) is 10.2. The summed E-state index contributed by atoms with van der Waals surface area (Å²) in [5.74, 6) is 0.175. The van der Waals surface area contributed by atoms with E-state index in [1.807, 2.05) is 10.3 Å². The zero-order chi connectivity index (χ0) is 13.1. The highest BCUT2D eigenvalue weighted by atomic mass is 32.1. The topological polar surface area (TPSA) is 49.4 Å². The molecule has 0 unspecified atom stereocenters. The molecule has 0 radical (unpaired) electrons. The molecule has 2 amide bonds. The molecule has 18 heavy (non-hydrogen) atoms. The van der Waals surface area contributed by atoms with E-state index >= 15 is 0 Å². The van der Waals surface area contributed by atoms with Crippen LogP contribution in [0.4, 0.5) is 0 Å². The number of likely N-dealkylation sites (tertiary alicyclic amines) is 1. The Balaban J connectivity index is 1.94. The molecule has 4 nitrogen and oxygen atoms in total. The third-order valence-corrected chi connectivity index (χ3v) is 4.55. The fraction of sp³-hybridized carbons (Fsp3) is 0.500. The van der Waals surface area contributed by atoms with Crippen LogP contribution in [0.1, 0.15) is 22.5 Å². The third-order valence-electron chi connectivity index (χ3n) is 3.20. The summed E-state index contributed by atoms with van der Waals surface area (Å²) in [7, 11) is 1.65. The van der Waals surface area contributed by atoms with Crippen LogP contribution in [0, 0.1) is 5.92 Å². The van der Waals surface area contributed by atoms with Gasteiger partial charge in [-0.3, -0.25) is 9.59 Å². The monoisotopic (exact) mass is 284 g/mol. The van der Waals surface area contributed by atoms with Crippen molar-refractivity contribution in [3.05, 3.63) is 16.3 Å². The number of piperidine rings is 1. The zero-order valence-corrected chi connectivity index (χ0v) is 11.9. The van der Waals surface area contributed by atoms with Gasteiger partial charge < -0.3 is 10.2 Å². The van der Waals surface area contributed by atoms with Crippen molar-refractivity contribution >= 4 is 35.8 Å². The van der Waals surface area contributed by atoms with Crippen LogP contribution in [0.25, 0.3) is 0 Å². The highest BCUT2D eigenvalue weighted by Crippen LogP contribution is 2.23. The van der Waals surface area contributed by atoms with Gasteiger partial charge in [-0.2, -0.15) is 0 Å². The fourth-order valence-corrected chi connectivity index (χ4v) is 3.26. The predicted octanol–water partition coefficient (Wildman–Crippen LogP) is 1.63. The summed E-state index contributed by atoms with van der Waals surface area (Å²) in [5, 5.41) is 4.52. The highest BCUT2D eigenvalue weighted by molar-refractivity contribution is 7.80. The second kappa shape index (κ2) is 5.75. The van der Waals surface area contributed by atoms with Crippen LogP contribution in [0.5, 0.6) is 0 Å². The lowest BCUT2D eigenvalue weighted by Crippen LogP contribution is -2.42. The second-order valence-electron chi connectivity index (χ2n) is 4.35. The number of amides is 2. The number of carbonyl (C=O) groups excluding carboxylic acids is 2. The van der Waals surface area contributed by atoms with Crippen molar-refractivity contribution in [2.45, 2.75) is 17.7 Å². The summed E-state index contributed by atoms with van der Waals surface area (Å²) < 4.78 is 0. The van der Waals surface area contributed by atoms with E-state index in [0.29, 0.717) is 13.1 Å². The molecule has 1 fully saturated rings. The third kappa shape index (κ3) is 2.87. The van der Waals surface area contributed by atoms with Crippen molar-refractivity contribution in [3.63, 3.8) is 0 Å². The van der Waals surface area contributed by atoms with Crippen LogP contribution < -0.4 is 5.32 Å². The Kier molecular flexibility index (Phi) is 4.29. The van der Waals surface area contributed by atoms with Crippen molar-refractivity contribution in [3.8, 4) is 0 Å². The van der Waals surface area contributed by atoms with Gasteiger partial charge in [0, 0.05) is 36.3 Å². The molecule has 1 saturated heterocycles. The van der Waals surface area contributed by atoms with Crippen molar-refractivity contribution in [2.24, 2.45) is 5.92 Å². The number of nitrogens with zero attached hydrogens (tertiary/aromatic N) is 1. The smallest absolute Gasteiger partial charge is 0.263 e. The van der Waals surface area contributed by atoms with Crippen LogP contribution in [0.3, 0.4) is 0 Å². The summed E-state index contributed by atoms with van der Waals surface area (Å²) in [6.07, 6.45) is 1.48. The molecule has 1 aromatic heterocycles. The Bertz CT molecular complexity index is 451. The predicted molar refractivity (Wildman–Crippen MR) is 74.3 cm³/mol. The molecular weight excluding hydrogens is 268 g/mol. The van der Waals surface area contributed by atoms with E-state index in [1.165, 1.54) is 11.3 Å². The number of hydrogen-bond donors (Lipinski definition) is 2. The van der Waals surface area contributed by atoms with Crippen LogP contribution >= 0.6 is 24.0 Å². The van der Waals surface area contributed by atoms with Gasteiger partial charge in [-0.1, -0.05) is 0 Å². The van der Waals surface area contributed by atoms with E-state index in [0.717, 1.165) is 22.6 Å².